The van der Waals surface area contributed by atoms with E-state index in [1.165, 1.54) is 0 Å². The molecule has 0 spiro atoms. The van der Waals surface area contributed by atoms with Gasteiger partial charge in [-0.25, -0.2) is 30.7 Å². The quantitative estimate of drug-likeness (QED) is 0.303. The van der Waals surface area contributed by atoms with Crippen LogP contribution >= 0.6 is 0 Å². The number of hydrogen-bond donors (Lipinski definition) is 0. The molecule has 0 atom stereocenters. The van der Waals surface area contributed by atoms with Crippen molar-refractivity contribution < 1.29 is 30.7 Å². The van der Waals surface area contributed by atoms with E-state index in [-0.39, 0.29) is 37.5 Å². The van der Waals surface area contributed by atoms with Gasteiger partial charge < -0.3 is 0 Å². The van der Waals surface area contributed by atoms with E-state index in [0.717, 1.165) is 0 Å². The maximum absolute atomic E-state index is 13.1. The number of hydrogen-bond acceptors (Lipinski definition) is 0. The van der Waals surface area contributed by atoms with E-state index in [4.69, 9.17) is 0 Å². The van der Waals surface area contributed by atoms with Crippen molar-refractivity contribution in [3.8, 4) is 0 Å². The Kier molecular flexibility index (Phi) is 5.69. The van der Waals surface area contributed by atoms with Crippen LogP contribution in [0.2, 0.25) is 0 Å². The number of halogens is 7. The third-order valence-corrected chi connectivity index (χ3v) is 2.20. The maximum Gasteiger partial charge on any atom is 0.198 e. The van der Waals surface area contributed by atoms with Crippen molar-refractivity contribution in [3.63, 3.8) is 0 Å². The van der Waals surface area contributed by atoms with Gasteiger partial charge in [0.1, 0.15) is 0 Å². The smallest absolute Gasteiger partial charge is 0.198 e. The van der Waals surface area contributed by atoms with E-state index >= 15 is 0 Å². The van der Waals surface area contributed by atoms with Crippen molar-refractivity contribution in [2.75, 3.05) is 0 Å². The maximum atomic E-state index is 13.1. The van der Waals surface area contributed by atoms with Gasteiger partial charge in [-0.2, -0.15) is 0 Å². The predicted octanol–water partition coefficient (Wildman–Crippen LogP) is 3.05. The first kappa shape index (κ1) is 18.0. The zero-order valence-corrected chi connectivity index (χ0v) is 10.4. The van der Waals surface area contributed by atoms with E-state index in [1.54, 1.807) is 0 Å². The van der Waals surface area contributed by atoms with Crippen LogP contribution in [0.15, 0.2) is 6.07 Å². The van der Waals surface area contributed by atoms with Crippen molar-refractivity contribution >= 4 is 42.2 Å². The van der Waals surface area contributed by atoms with Crippen molar-refractivity contribution in [1.29, 1.82) is 0 Å². The van der Waals surface area contributed by atoms with Crippen molar-refractivity contribution in [3.05, 3.63) is 46.8 Å². The van der Waals surface area contributed by atoms with E-state index in [0.29, 0.717) is 0 Å². The van der Waals surface area contributed by atoms with Gasteiger partial charge >= 0.3 is 0 Å². The Bertz CT molecular complexity index is 636. The molecule has 95 valence electrons. The second kappa shape index (κ2) is 6.00. The molecular weight excluding hydrogens is 288 g/mol. The first-order valence-corrected chi connectivity index (χ1v) is 4.15. The predicted molar refractivity (Wildman–Crippen MR) is 55.2 cm³/mol. The minimum Gasteiger partial charge on any atom is -0.204 e. The molecule has 0 aliphatic heterocycles. The Labute approximate surface area is 120 Å². The fraction of sp³-hybridized carbons (Fsp3) is 0. The number of rotatable bonds is 0. The summed E-state index contributed by atoms with van der Waals surface area (Å²) < 4.78 is 90.3. The summed E-state index contributed by atoms with van der Waals surface area (Å²) >= 11 is 0. The largest absolute Gasteiger partial charge is 0.204 e. The van der Waals surface area contributed by atoms with Crippen LogP contribution in [0.1, 0.15) is 0 Å². The molecule has 0 bridgehead atoms. The lowest BCUT2D eigenvalue weighted by atomic mass is 10.1. The van der Waals surface area contributed by atoms with Gasteiger partial charge in [-0.1, -0.05) is 0 Å². The summed E-state index contributed by atoms with van der Waals surface area (Å²) in [6.07, 6.45) is 0. The molecule has 0 amide bonds. The van der Waals surface area contributed by atoms with Crippen molar-refractivity contribution in [2.24, 2.45) is 0 Å². The molecule has 0 unspecified atom stereocenters. The lowest BCUT2D eigenvalue weighted by Gasteiger charge is -2.06. The van der Waals surface area contributed by atoms with Gasteiger partial charge in [0.05, 0.1) is 5.39 Å². The zero-order valence-electron chi connectivity index (χ0n) is 9.01. The molecular formula is C10HBF7Mg. The average Bonchev–Trinajstić information content (AvgIpc) is 2.30. The number of benzene rings is 2. The van der Waals surface area contributed by atoms with Crippen LogP contribution < -0.4 is 0 Å². The Morgan fingerprint density at radius 1 is 0.579 bits per heavy atom. The molecule has 2 rings (SSSR count). The molecule has 0 aliphatic rings. The molecule has 0 aliphatic carbocycles. The van der Waals surface area contributed by atoms with Gasteiger partial charge in [0, 0.05) is 36.9 Å². The molecule has 0 saturated heterocycles. The Hall–Kier alpha value is -0.959. The van der Waals surface area contributed by atoms with Gasteiger partial charge in [0.25, 0.3) is 0 Å². The highest BCUT2D eigenvalue weighted by atomic mass is 24.3. The highest BCUT2D eigenvalue weighted by Gasteiger charge is 2.26. The lowest BCUT2D eigenvalue weighted by molar-refractivity contribution is 0.410. The monoisotopic (exact) mass is 289 g/mol. The van der Waals surface area contributed by atoms with Crippen LogP contribution in [0.25, 0.3) is 10.8 Å². The fourth-order valence-electron chi connectivity index (χ4n) is 1.40. The fourth-order valence-corrected chi connectivity index (χ4v) is 1.40. The summed E-state index contributed by atoms with van der Waals surface area (Å²) in [5, 5.41) is -2.68. The molecule has 9 heteroatoms. The van der Waals surface area contributed by atoms with Crippen LogP contribution in [0.3, 0.4) is 0 Å². The van der Waals surface area contributed by atoms with E-state index < -0.39 is 51.5 Å². The summed E-state index contributed by atoms with van der Waals surface area (Å²) in [7, 11) is 0. The molecule has 5 radical (unpaired) electrons. The summed E-state index contributed by atoms with van der Waals surface area (Å²) in [5.41, 5.74) is 0. The van der Waals surface area contributed by atoms with Gasteiger partial charge in [0.2, 0.25) is 0 Å². The van der Waals surface area contributed by atoms with Gasteiger partial charge in [-0.15, -0.1) is 0 Å². The first-order chi connectivity index (χ1) is 7.86. The third-order valence-electron chi connectivity index (χ3n) is 2.20. The van der Waals surface area contributed by atoms with E-state index in [2.05, 4.69) is 0 Å². The summed E-state index contributed by atoms with van der Waals surface area (Å²) in [4.78, 5) is 0. The Morgan fingerprint density at radius 2 is 1.00 bits per heavy atom. The minimum absolute atomic E-state index is 0. The van der Waals surface area contributed by atoms with Gasteiger partial charge in [-0.05, 0) is 6.07 Å². The Balaban J connectivity index is 0.00000162. The third kappa shape index (κ3) is 2.53. The van der Waals surface area contributed by atoms with E-state index in [9.17, 15) is 30.7 Å². The first-order valence-electron chi connectivity index (χ1n) is 4.15. The molecule has 0 aromatic heterocycles. The summed E-state index contributed by atoms with van der Waals surface area (Å²) in [6.45, 7) is 0. The minimum atomic E-state index is -2.29. The van der Waals surface area contributed by atoms with Gasteiger partial charge in [0.15, 0.2) is 40.7 Å². The second-order valence-electron chi connectivity index (χ2n) is 3.16. The van der Waals surface area contributed by atoms with E-state index in [1.807, 2.05) is 0 Å². The second-order valence-corrected chi connectivity index (χ2v) is 3.16. The molecule has 0 fully saturated rings. The average molecular weight is 289 g/mol. The van der Waals surface area contributed by atoms with Crippen LogP contribution in [-0.2, 0) is 0 Å². The molecule has 2 aromatic rings. The molecule has 0 nitrogen and oxygen atoms in total. The van der Waals surface area contributed by atoms with Gasteiger partial charge in [-0.3, -0.25) is 0 Å². The molecule has 2 aromatic carbocycles. The lowest BCUT2D eigenvalue weighted by Crippen LogP contribution is -2.03. The van der Waals surface area contributed by atoms with Crippen molar-refractivity contribution in [2.45, 2.75) is 0 Å². The topological polar surface area (TPSA) is 0 Å². The standard InChI is InChI=1S/C10HF7.B.Mg/c11-3-1-2-4(7(14)6(3)13)8(15)10(17)9(16)5(2)12;;/h1H;;. The highest BCUT2D eigenvalue weighted by molar-refractivity contribution is 5.84. The molecule has 0 saturated carbocycles. The SMILES string of the molecule is Fc1cc2c(F)c(F)c(F)c(F)c2c(F)c1F.[B].[Mg]. The Morgan fingerprint density at radius 3 is 1.53 bits per heavy atom. The van der Waals surface area contributed by atoms with Crippen LogP contribution in [0, 0.1) is 40.7 Å². The van der Waals surface area contributed by atoms with Crippen LogP contribution in [0.5, 0.6) is 0 Å². The summed E-state index contributed by atoms with van der Waals surface area (Å²) in [5.74, 6) is -14.7. The molecule has 19 heavy (non-hydrogen) atoms. The normalized spacial score (nSPS) is 10.1. The highest BCUT2D eigenvalue weighted by Crippen LogP contribution is 2.31. The molecule has 0 N–H and O–H groups in total. The molecule has 0 heterocycles. The number of fused-ring (bicyclic) bond motifs is 1. The van der Waals surface area contributed by atoms with Crippen LogP contribution in [-0.4, -0.2) is 31.5 Å². The zero-order chi connectivity index (χ0) is 12.9. The van der Waals surface area contributed by atoms with Crippen LogP contribution in [0.4, 0.5) is 30.7 Å². The van der Waals surface area contributed by atoms with Crippen molar-refractivity contribution in [1.82, 2.24) is 0 Å². The summed E-state index contributed by atoms with van der Waals surface area (Å²) in [6, 6.07) is 0.0503.